The molecular formula is C17H13N3O6S5. The van der Waals surface area contributed by atoms with Crippen LogP contribution < -0.4 is 5.43 Å². The average molecular weight is 516 g/mol. The zero-order chi connectivity index (χ0) is 22.6. The van der Waals surface area contributed by atoms with E-state index in [-0.39, 0.29) is 25.4 Å². The van der Waals surface area contributed by atoms with Gasteiger partial charge in [-0.25, -0.2) is 21.6 Å². The van der Waals surface area contributed by atoms with E-state index in [0.717, 1.165) is 29.8 Å². The van der Waals surface area contributed by atoms with Crippen molar-refractivity contribution in [2.24, 2.45) is 5.10 Å². The Kier molecular flexibility index (Phi) is 6.92. The molecule has 0 radical (unpaired) electrons. The molecule has 0 bridgehead atoms. The van der Waals surface area contributed by atoms with E-state index in [1.807, 2.05) is 0 Å². The molecule has 0 aliphatic rings. The predicted molar refractivity (Wildman–Crippen MR) is 119 cm³/mol. The second-order valence-electron chi connectivity index (χ2n) is 5.71. The summed E-state index contributed by atoms with van der Waals surface area (Å²) in [7, 11) is -7.00. The number of hydrazone groups is 1. The minimum Gasteiger partial charge on any atom is -0.465 e. The van der Waals surface area contributed by atoms with Gasteiger partial charge in [-0.05, 0) is 22.9 Å². The number of anilines is 1. The Morgan fingerprint density at radius 1 is 1.16 bits per heavy atom. The number of esters is 1. The highest BCUT2D eigenvalue weighted by Crippen LogP contribution is 2.35. The Hall–Kier alpha value is -2.57. The van der Waals surface area contributed by atoms with Gasteiger partial charge in [-0.1, -0.05) is 12.1 Å². The molecule has 3 aromatic heterocycles. The van der Waals surface area contributed by atoms with Gasteiger partial charge < -0.3 is 4.74 Å². The van der Waals surface area contributed by atoms with Gasteiger partial charge in [0.25, 0.3) is 5.04 Å². The van der Waals surface area contributed by atoms with Crippen molar-refractivity contribution in [2.45, 2.75) is 14.9 Å². The first-order chi connectivity index (χ1) is 14.7. The molecule has 3 heterocycles. The molecule has 162 valence electrons. The summed E-state index contributed by atoms with van der Waals surface area (Å²) in [6.07, 6.45) is 0. The maximum absolute atomic E-state index is 12.9. The number of sulfone groups is 2. The summed E-state index contributed by atoms with van der Waals surface area (Å²) in [6.45, 7) is 0. The first-order valence-corrected chi connectivity index (χ1v) is 14.0. The number of nitrogens with zero attached hydrogens (tertiary/aromatic N) is 2. The van der Waals surface area contributed by atoms with Gasteiger partial charge in [0.15, 0.2) is 9.84 Å². The standard InChI is InChI=1S/C17H13N3O6S5/c1-26-17(21)16-15(12(9-29-16)30(22,23)10-11-4-2-6-27-11)20-19-13(8-18)31(24,25)14-5-3-7-28-14/h2-7,9,20H,10H2,1H3/b19-13+. The number of carbonyl (C=O) groups excluding carboxylic acids is 1. The van der Waals surface area contributed by atoms with Crippen molar-refractivity contribution in [2.75, 3.05) is 12.5 Å². The van der Waals surface area contributed by atoms with Gasteiger partial charge in [0.1, 0.15) is 25.7 Å². The second-order valence-corrected chi connectivity index (χ2v) is 12.6. The molecule has 1 N–H and O–H groups in total. The van der Waals surface area contributed by atoms with E-state index in [2.05, 4.69) is 15.3 Å². The van der Waals surface area contributed by atoms with Gasteiger partial charge in [0.2, 0.25) is 9.84 Å². The Labute approximate surface area is 190 Å². The summed E-state index contributed by atoms with van der Waals surface area (Å²) in [4.78, 5) is 12.3. The van der Waals surface area contributed by atoms with Crippen LogP contribution in [-0.2, 0) is 30.2 Å². The Bertz CT molecular complexity index is 1360. The van der Waals surface area contributed by atoms with E-state index in [9.17, 15) is 26.9 Å². The maximum Gasteiger partial charge on any atom is 0.350 e. The molecule has 9 nitrogen and oxygen atoms in total. The Balaban J connectivity index is 2.05. The monoisotopic (exact) mass is 515 g/mol. The molecule has 31 heavy (non-hydrogen) atoms. The number of hydrogen-bond donors (Lipinski definition) is 1. The zero-order valence-corrected chi connectivity index (χ0v) is 19.7. The van der Waals surface area contributed by atoms with E-state index < -0.39 is 30.7 Å². The third kappa shape index (κ3) is 4.86. The minimum absolute atomic E-state index is 0.0985. The summed E-state index contributed by atoms with van der Waals surface area (Å²) in [5, 5.41) is 16.6. The summed E-state index contributed by atoms with van der Waals surface area (Å²) < 4.78 is 55.6. The average Bonchev–Trinajstić information content (AvgIpc) is 3.48. The molecule has 3 rings (SSSR count). The van der Waals surface area contributed by atoms with Gasteiger partial charge in [0, 0.05) is 10.3 Å². The number of ether oxygens (including phenoxy) is 1. The van der Waals surface area contributed by atoms with Crippen LogP contribution in [0.15, 0.2) is 54.6 Å². The van der Waals surface area contributed by atoms with Crippen LogP contribution in [0.4, 0.5) is 5.69 Å². The van der Waals surface area contributed by atoms with Crippen LogP contribution in [0.5, 0.6) is 0 Å². The first kappa shape index (κ1) is 23.1. The molecule has 0 spiro atoms. The predicted octanol–water partition coefficient (Wildman–Crippen LogP) is 3.35. The third-order valence-electron chi connectivity index (χ3n) is 3.75. The molecule has 14 heteroatoms. The smallest absolute Gasteiger partial charge is 0.350 e. The molecule has 0 amide bonds. The topological polar surface area (TPSA) is 143 Å². The third-order valence-corrected chi connectivity index (χ3v) is 10.6. The molecule has 3 aromatic rings. The minimum atomic E-state index is -4.20. The van der Waals surface area contributed by atoms with E-state index >= 15 is 0 Å². The van der Waals surface area contributed by atoms with Crippen molar-refractivity contribution in [1.29, 1.82) is 5.26 Å². The van der Waals surface area contributed by atoms with E-state index in [0.29, 0.717) is 4.88 Å². The van der Waals surface area contributed by atoms with E-state index in [1.165, 1.54) is 40.3 Å². The first-order valence-electron chi connectivity index (χ1n) is 8.18. The fraction of sp³-hybridized carbons (Fsp3) is 0.118. The summed E-state index contributed by atoms with van der Waals surface area (Å²) in [5.74, 6) is -1.15. The van der Waals surface area contributed by atoms with Crippen LogP contribution in [-0.4, -0.2) is 35.0 Å². The van der Waals surface area contributed by atoms with Crippen LogP contribution in [0.25, 0.3) is 0 Å². The number of methoxy groups -OCH3 is 1. The summed E-state index contributed by atoms with van der Waals surface area (Å²) in [6, 6.07) is 7.68. The second kappa shape index (κ2) is 9.28. The maximum atomic E-state index is 12.9. The number of nitriles is 1. The van der Waals surface area contributed by atoms with Crippen molar-refractivity contribution >= 4 is 70.4 Å². The van der Waals surface area contributed by atoms with E-state index in [4.69, 9.17) is 0 Å². The summed E-state index contributed by atoms with van der Waals surface area (Å²) in [5.41, 5.74) is 2.06. The molecule has 0 aliphatic heterocycles. The molecule has 0 fully saturated rings. The van der Waals surface area contributed by atoms with Gasteiger partial charge >= 0.3 is 5.97 Å². The van der Waals surface area contributed by atoms with Crippen molar-refractivity contribution in [1.82, 2.24) is 0 Å². The molecule has 0 saturated heterocycles. The molecular weight excluding hydrogens is 503 g/mol. The van der Waals surface area contributed by atoms with Crippen LogP contribution in [0, 0.1) is 11.3 Å². The SMILES string of the molecule is COC(=O)c1scc(S(=O)(=O)Cc2cccs2)c1N/N=C(\C#N)S(=O)(=O)c1cccs1. The van der Waals surface area contributed by atoms with Crippen LogP contribution in [0.3, 0.4) is 0 Å². The Morgan fingerprint density at radius 3 is 2.45 bits per heavy atom. The largest absolute Gasteiger partial charge is 0.465 e. The number of carbonyl (C=O) groups is 1. The molecule has 0 aliphatic carbocycles. The molecule has 0 unspecified atom stereocenters. The lowest BCUT2D eigenvalue weighted by molar-refractivity contribution is 0.0607. The van der Waals surface area contributed by atoms with Crippen molar-refractivity contribution < 1.29 is 26.4 Å². The lowest BCUT2D eigenvalue weighted by Gasteiger charge is -2.07. The van der Waals surface area contributed by atoms with Crippen molar-refractivity contribution in [3.8, 4) is 6.07 Å². The number of rotatable bonds is 7. The van der Waals surface area contributed by atoms with E-state index in [1.54, 1.807) is 17.5 Å². The quantitative estimate of drug-likeness (QED) is 0.218. The number of hydrogen-bond acceptors (Lipinski definition) is 12. The van der Waals surface area contributed by atoms with Gasteiger partial charge in [0.05, 0.1) is 12.9 Å². The van der Waals surface area contributed by atoms with Crippen LogP contribution in [0.2, 0.25) is 0 Å². The fourth-order valence-electron chi connectivity index (χ4n) is 2.34. The van der Waals surface area contributed by atoms with Gasteiger partial charge in [-0.15, -0.1) is 34.0 Å². The highest BCUT2D eigenvalue weighted by molar-refractivity contribution is 8.08. The van der Waals surface area contributed by atoms with Crippen LogP contribution >= 0.6 is 34.0 Å². The number of nitrogens with one attached hydrogen (secondary N) is 1. The van der Waals surface area contributed by atoms with Gasteiger partial charge in [-0.3, -0.25) is 5.43 Å². The Morgan fingerprint density at radius 2 is 1.87 bits per heavy atom. The highest BCUT2D eigenvalue weighted by Gasteiger charge is 2.29. The zero-order valence-electron chi connectivity index (χ0n) is 15.6. The molecule has 0 aromatic carbocycles. The van der Waals surface area contributed by atoms with Gasteiger partial charge in [-0.2, -0.15) is 10.4 Å². The highest BCUT2D eigenvalue weighted by atomic mass is 32.2. The van der Waals surface area contributed by atoms with Crippen molar-refractivity contribution in [3.63, 3.8) is 0 Å². The van der Waals surface area contributed by atoms with Crippen molar-refractivity contribution in [3.05, 3.63) is 50.2 Å². The lowest BCUT2D eigenvalue weighted by atomic mass is 10.4. The summed E-state index contributed by atoms with van der Waals surface area (Å²) >= 11 is 2.96. The normalized spacial score (nSPS) is 12.3. The molecule has 0 saturated carbocycles. The molecule has 0 atom stereocenters. The number of thiophene rings is 3. The lowest BCUT2D eigenvalue weighted by Crippen LogP contribution is -2.15. The van der Waals surface area contributed by atoms with Crippen LogP contribution in [0.1, 0.15) is 14.5 Å². The fourth-order valence-corrected chi connectivity index (χ4v) is 8.34.